The second kappa shape index (κ2) is 6.41. The predicted octanol–water partition coefficient (Wildman–Crippen LogP) is 4.27. The Hall–Kier alpha value is -1.81. The number of fused-ring (bicyclic) bond motifs is 5. The second-order valence-corrected chi connectivity index (χ2v) is 8.52. The van der Waals surface area contributed by atoms with Crippen molar-refractivity contribution in [3.05, 3.63) is 41.0 Å². The molecule has 4 unspecified atom stereocenters. The summed E-state index contributed by atoms with van der Waals surface area (Å²) in [5.41, 5.74) is 4.06. The highest BCUT2D eigenvalue weighted by atomic mass is 16.5. The van der Waals surface area contributed by atoms with Gasteiger partial charge in [-0.15, -0.1) is 0 Å². The van der Waals surface area contributed by atoms with Crippen molar-refractivity contribution in [3.8, 4) is 5.75 Å². The van der Waals surface area contributed by atoms with Crippen LogP contribution in [0.3, 0.4) is 0 Å². The number of hydrogen-bond donors (Lipinski definition) is 2. The number of methoxy groups -OCH3 is 1. The summed E-state index contributed by atoms with van der Waals surface area (Å²) in [6.07, 6.45) is 7.41. The number of hydrogen-bond acceptors (Lipinski definition) is 3. The lowest BCUT2D eigenvalue weighted by Gasteiger charge is -2.50. The van der Waals surface area contributed by atoms with Crippen molar-refractivity contribution in [3.63, 3.8) is 0 Å². The van der Waals surface area contributed by atoms with E-state index in [9.17, 15) is 9.90 Å². The first-order chi connectivity index (χ1) is 12.4. The average Bonchev–Trinajstić information content (AvgIpc) is 2.91. The number of aryl methyl sites for hydroxylation is 1. The highest BCUT2D eigenvalue weighted by Crippen LogP contribution is 2.63. The molecule has 0 heterocycles. The summed E-state index contributed by atoms with van der Waals surface area (Å²) >= 11 is 0. The fraction of sp³-hybridized carbons (Fsp3) is 0.591. The number of aromatic hydroxyl groups is 1. The van der Waals surface area contributed by atoms with Crippen LogP contribution in [0.2, 0.25) is 0 Å². The molecule has 0 aliphatic heterocycles. The van der Waals surface area contributed by atoms with Gasteiger partial charge in [-0.2, -0.15) is 0 Å². The van der Waals surface area contributed by atoms with Crippen molar-refractivity contribution in [2.24, 2.45) is 17.3 Å². The molecular formula is C22H28O4. The van der Waals surface area contributed by atoms with Gasteiger partial charge < -0.3 is 14.9 Å². The van der Waals surface area contributed by atoms with Crippen LogP contribution in [0.15, 0.2) is 29.8 Å². The van der Waals surface area contributed by atoms with Gasteiger partial charge in [0.05, 0.1) is 12.5 Å². The summed E-state index contributed by atoms with van der Waals surface area (Å²) in [7, 11) is 1.79. The van der Waals surface area contributed by atoms with Crippen LogP contribution in [-0.2, 0) is 16.0 Å². The molecule has 2 fully saturated rings. The summed E-state index contributed by atoms with van der Waals surface area (Å²) in [6.45, 7) is 2.34. The molecule has 0 spiro atoms. The number of rotatable bonds is 3. The first-order valence-electron chi connectivity index (χ1n) is 9.69. The minimum atomic E-state index is -0.767. The number of phenolic OH excluding ortho intramolecular Hbond substituents is 1. The van der Waals surface area contributed by atoms with E-state index >= 15 is 0 Å². The minimum Gasteiger partial charge on any atom is -0.508 e. The molecule has 26 heavy (non-hydrogen) atoms. The Labute approximate surface area is 154 Å². The van der Waals surface area contributed by atoms with Gasteiger partial charge in [0.1, 0.15) is 5.75 Å². The zero-order valence-corrected chi connectivity index (χ0v) is 15.6. The molecule has 4 nitrogen and oxygen atoms in total. The Morgan fingerprint density at radius 1 is 1.38 bits per heavy atom. The largest absolute Gasteiger partial charge is 0.508 e. The van der Waals surface area contributed by atoms with Crippen LogP contribution in [0.5, 0.6) is 5.75 Å². The molecule has 0 aromatic heterocycles. The SMILES string of the molecule is COC1C/C(=C\CC(=O)O)C2C3CCc4cc(O)ccc4C3CC[C@]12C. The summed E-state index contributed by atoms with van der Waals surface area (Å²) < 4.78 is 5.86. The van der Waals surface area contributed by atoms with E-state index in [1.807, 2.05) is 18.2 Å². The topological polar surface area (TPSA) is 66.8 Å². The maximum absolute atomic E-state index is 11.1. The van der Waals surface area contributed by atoms with Crippen LogP contribution < -0.4 is 0 Å². The Balaban J connectivity index is 1.72. The minimum absolute atomic E-state index is 0.0919. The molecule has 0 saturated heterocycles. The smallest absolute Gasteiger partial charge is 0.307 e. The highest BCUT2D eigenvalue weighted by molar-refractivity contribution is 5.68. The van der Waals surface area contributed by atoms with Gasteiger partial charge in [-0.3, -0.25) is 4.79 Å². The molecule has 140 valence electrons. The van der Waals surface area contributed by atoms with Crippen molar-refractivity contribution in [1.29, 1.82) is 0 Å². The van der Waals surface area contributed by atoms with Gasteiger partial charge in [-0.25, -0.2) is 0 Å². The van der Waals surface area contributed by atoms with Crippen molar-refractivity contribution in [2.45, 2.75) is 57.5 Å². The van der Waals surface area contributed by atoms with E-state index in [0.29, 0.717) is 23.5 Å². The molecule has 2 saturated carbocycles. The van der Waals surface area contributed by atoms with Crippen molar-refractivity contribution in [2.75, 3.05) is 7.11 Å². The molecule has 3 aliphatic rings. The Morgan fingerprint density at radius 3 is 2.92 bits per heavy atom. The Bertz CT molecular complexity index is 753. The van der Waals surface area contributed by atoms with Gasteiger partial charge in [0.2, 0.25) is 0 Å². The van der Waals surface area contributed by atoms with E-state index in [1.165, 1.54) is 16.7 Å². The van der Waals surface area contributed by atoms with Crippen molar-refractivity contribution in [1.82, 2.24) is 0 Å². The van der Waals surface area contributed by atoms with Gasteiger partial charge in [-0.05, 0) is 73.1 Å². The number of benzene rings is 1. The first-order valence-corrected chi connectivity index (χ1v) is 9.69. The van der Waals surface area contributed by atoms with Gasteiger partial charge >= 0.3 is 5.97 Å². The third kappa shape index (κ3) is 2.66. The number of carbonyl (C=O) groups is 1. The molecule has 5 atom stereocenters. The van der Waals surface area contributed by atoms with Crippen LogP contribution in [0.4, 0.5) is 0 Å². The molecular weight excluding hydrogens is 328 g/mol. The third-order valence-corrected chi connectivity index (χ3v) is 7.30. The molecule has 4 rings (SSSR count). The predicted molar refractivity (Wildman–Crippen MR) is 99.2 cm³/mol. The molecule has 0 amide bonds. The second-order valence-electron chi connectivity index (χ2n) is 8.52. The zero-order valence-electron chi connectivity index (χ0n) is 15.6. The Morgan fingerprint density at radius 2 is 2.19 bits per heavy atom. The number of carboxylic acids is 1. The molecule has 1 aromatic carbocycles. The zero-order chi connectivity index (χ0) is 18.5. The number of aliphatic carboxylic acids is 1. The molecule has 0 radical (unpaired) electrons. The normalized spacial score (nSPS) is 37.1. The van der Waals surface area contributed by atoms with E-state index in [0.717, 1.165) is 32.1 Å². The average molecular weight is 356 g/mol. The van der Waals surface area contributed by atoms with Crippen LogP contribution in [-0.4, -0.2) is 29.4 Å². The summed E-state index contributed by atoms with van der Waals surface area (Å²) in [6, 6.07) is 5.84. The van der Waals surface area contributed by atoms with Gasteiger partial charge in [0, 0.05) is 12.5 Å². The van der Waals surface area contributed by atoms with Crippen LogP contribution in [0, 0.1) is 17.3 Å². The monoisotopic (exact) mass is 356 g/mol. The van der Waals surface area contributed by atoms with Gasteiger partial charge in [-0.1, -0.05) is 24.6 Å². The summed E-state index contributed by atoms with van der Waals surface area (Å²) in [4.78, 5) is 11.1. The fourth-order valence-electron chi connectivity index (χ4n) is 6.22. The summed E-state index contributed by atoms with van der Waals surface area (Å²) in [5, 5.41) is 19.0. The number of phenols is 1. The van der Waals surface area contributed by atoms with Crippen molar-refractivity contribution >= 4 is 5.97 Å². The molecule has 4 heteroatoms. The van der Waals surface area contributed by atoms with E-state index in [4.69, 9.17) is 9.84 Å². The third-order valence-electron chi connectivity index (χ3n) is 7.30. The highest BCUT2D eigenvalue weighted by Gasteiger charge is 2.57. The van der Waals surface area contributed by atoms with Crippen LogP contribution >= 0.6 is 0 Å². The fourth-order valence-corrected chi connectivity index (χ4v) is 6.22. The van der Waals surface area contributed by atoms with Crippen LogP contribution in [0.25, 0.3) is 0 Å². The lowest BCUT2D eigenvalue weighted by Crippen LogP contribution is -2.44. The standard InChI is InChI=1S/C22H28O4/c1-22-10-9-17-16-7-5-15(23)11-13(16)3-6-18(17)21(22)14(4-8-20(24)25)12-19(22)26-2/h4-5,7,11,17-19,21,23H,3,6,8-10,12H2,1-2H3,(H,24,25)/b14-4+/t17?,18?,19?,21?,22-/m1/s1. The summed E-state index contributed by atoms with van der Waals surface area (Å²) in [5.74, 6) is 1.02. The molecule has 2 N–H and O–H groups in total. The lowest BCUT2D eigenvalue weighted by atomic mass is 9.54. The molecule has 1 aromatic rings. The Kier molecular flexibility index (Phi) is 4.34. The maximum Gasteiger partial charge on any atom is 0.307 e. The maximum atomic E-state index is 11.1. The molecule has 3 aliphatic carbocycles. The van der Waals surface area contributed by atoms with Gasteiger partial charge in [0.25, 0.3) is 0 Å². The number of carboxylic acid groups (broad SMARTS) is 1. The first kappa shape index (κ1) is 17.6. The number of ether oxygens (including phenoxy) is 1. The lowest BCUT2D eigenvalue weighted by molar-refractivity contribution is -0.136. The quantitative estimate of drug-likeness (QED) is 0.794. The van der Waals surface area contributed by atoms with Crippen LogP contribution in [0.1, 0.15) is 56.1 Å². The van der Waals surface area contributed by atoms with E-state index in [1.54, 1.807) is 7.11 Å². The molecule has 0 bridgehead atoms. The van der Waals surface area contributed by atoms with E-state index in [2.05, 4.69) is 13.0 Å². The van der Waals surface area contributed by atoms with Crippen molar-refractivity contribution < 1.29 is 19.7 Å². The van der Waals surface area contributed by atoms with E-state index in [-0.39, 0.29) is 17.9 Å². The van der Waals surface area contributed by atoms with E-state index < -0.39 is 5.97 Å². The van der Waals surface area contributed by atoms with Gasteiger partial charge in [0.15, 0.2) is 0 Å².